The molecule has 1 aromatic carbocycles. The molecule has 1 aliphatic heterocycles. The number of amides is 2. The van der Waals surface area contributed by atoms with E-state index in [4.69, 9.17) is 11.5 Å². The highest BCUT2D eigenvalue weighted by molar-refractivity contribution is 6.25. The molecular formula is C23H23FN4O8. The van der Waals surface area contributed by atoms with Crippen molar-refractivity contribution in [2.24, 2.45) is 23.3 Å². The Balaban J connectivity index is 1.72. The van der Waals surface area contributed by atoms with Gasteiger partial charge in [-0.1, -0.05) is 0 Å². The zero-order valence-corrected chi connectivity index (χ0v) is 19.0. The number of nitrogens with zero attached hydrogens (tertiary/aromatic N) is 1. The van der Waals surface area contributed by atoms with Crippen molar-refractivity contribution in [1.29, 1.82) is 0 Å². The number of phenolic OH excluding ortho intramolecular Hbond substituents is 1. The first-order chi connectivity index (χ1) is 16.8. The van der Waals surface area contributed by atoms with E-state index in [0.717, 1.165) is 0 Å². The third kappa shape index (κ3) is 2.90. The topological polar surface area (TPSA) is 217 Å². The Morgan fingerprint density at radius 1 is 1.17 bits per heavy atom. The molecule has 190 valence electrons. The van der Waals surface area contributed by atoms with Crippen LogP contribution in [0.5, 0.6) is 5.75 Å². The highest BCUT2D eigenvalue weighted by Crippen LogP contribution is 2.52. The van der Waals surface area contributed by atoms with E-state index in [2.05, 4.69) is 5.32 Å². The van der Waals surface area contributed by atoms with Crippen LogP contribution in [-0.2, 0) is 27.3 Å². The van der Waals surface area contributed by atoms with E-state index in [1.165, 1.54) is 4.90 Å². The van der Waals surface area contributed by atoms with Crippen molar-refractivity contribution in [3.8, 4) is 5.75 Å². The van der Waals surface area contributed by atoms with Gasteiger partial charge in [-0.05, 0) is 25.8 Å². The van der Waals surface area contributed by atoms with E-state index < -0.39 is 86.7 Å². The highest BCUT2D eigenvalue weighted by Gasteiger charge is 2.62. The summed E-state index contributed by atoms with van der Waals surface area (Å²) in [5.74, 6) is -10.2. The van der Waals surface area contributed by atoms with Crippen molar-refractivity contribution < 1.29 is 44.0 Å². The van der Waals surface area contributed by atoms with E-state index in [1.807, 2.05) is 0 Å². The number of likely N-dealkylation sites (N-methyl/N-ethyl adjacent to an activating group) is 1. The second-order valence-electron chi connectivity index (χ2n) is 9.67. The van der Waals surface area contributed by atoms with Crippen LogP contribution in [-0.4, -0.2) is 73.9 Å². The smallest absolute Gasteiger partial charge is 0.255 e. The minimum Gasteiger partial charge on any atom is -0.510 e. The number of Topliss-reactive ketones (excluding diaryl/α,β-unsaturated/α-hetero) is 2. The minimum absolute atomic E-state index is 0.0208. The van der Waals surface area contributed by atoms with Crippen LogP contribution in [0.4, 0.5) is 10.1 Å². The second kappa shape index (κ2) is 7.59. The Morgan fingerprint density at radius 2 is 1.83 bits per heavy atom. The van der Waals surface area contributed by atoms with Crippen molar-refractivity contribution >= 4 is 29.1 Å². The first kappa shape index (κ1) is 23.9. The van der Waals surface area contributed by atoms with Crippen molar-refractivity contribution in [2.75, 3.05) is 18.9 Å². The first-order valence-electron chi connectivity index (χ1n) is 11.1. The van der Waals surface area contributed by atoms with E-state index in [9.17, 15) is 39.6 Å². The summed E-state index contributed by atoms with van der Waals surface area (Å²) < 4.78 is 15.7. The standard InChI is InChI=1S/C23H23FN4O8/c1-28-4-8-14(24)7-2-6-3-9-15(25)18(31)13(22(26)35)21(34)23(9,36)20(33)11(6)17(30)12(7)19(32)16(8)27-10(29)5-28/h6,9,15,31-33,36H,2-5,25H2,1H3,(H2,26,35)(H,27,29)/t6-,9-,15-,23-/m0/s1. The fourth-order valence-electron chi connectivity index (χ4n) is 5.89. The predicted molar refractivity (Wildman–Crippen MR) is 119 cm³/mol. The lowest BCUT2D eigenvalue weighted by Crippen LogP contribution is -2.63. The normalized spacial score (nSPS) is 30.2. The monoisotopic (exact) mass is 502 g/mol. The molecule has 1 aromatic rings. The van der Waals surface area contributed by atoms with Crippen molar-refractivity contribution in [3.05, 3.63) is 45.2 Å². The molecule has 12 nitrogen and oxygen atoms in total. The Kier molecular flexibility index (Phi) is 5.04. The van der Waals surface area contributed by atoms with Crippen LogP contribution in [0, 0.1) is 17.7 Å². The zero-order chi connectivity index (χ0) is 26.4. The van der Waals surface area contributed by atoms with Gasteiger partial charge in [0.2, 0.25) is 11.7 Å². The number of nitrogens with two attached hydrogens (primary N) is 2. The first-order valence-corrected chi connectivity index (χ1v) is 11.1. The van der Waals surface area contributed by atoms with Gasteiger partial charge in [0.25, 0.3) is 5.91 Å². The summed E-state index contributed by atoms with van der Waals surface area (Å²) in [4.78, 5) is 52.1. The van der Waals surface area contributed by atoms with Crippen LogP contribution in [0.3, 0.4) is 0 Å². The third-order valence-corrected chi connectivity index (χ3v) is 7.56. The number of aliphatic hydroxyl groups excluding tert-OH is 2. The molecule has 0 saturated heterocycles. The molecule has 36 heavy (non-hydrogen) atoms. The van der Waals surface area contributed by atoms with Gasteiger partial charge in [-0.25, -0.2) is 4.39 Å². The van der Waals surface area contributed by atoms with Crippen LogP contribution in [0.1, 0.15) is 27.9 Å². The lowest BCUT2D eigenvalue weighted by Gasteiger charge is -2.47. The average Bonchev–Trinajstić information content (AvgIpc) is 2.95. The van der Waals surface area contributed by atoms with Crippen molar-refractivity contribution in [2.45, 2.75) is 31.0 Å². The molecule has 2 amide bonds. The largest absolute Gasteiger partial charge is 0.510 e. The number of hydrogen-bond acceptors (Lipinski definition) is 10. The quantitative estimate of drug-likeness (QED) is 0.184. The van der Waals surface area contributed by atoms with Gasteiger partial charge in [-0.3, -0.25) is 24.1 Å². The molecule has 1 heterocycles. The van der Waals surface area contributed by atoms with Crippen LogP contribution < -0.4 is 16.8 Å². The molecule has 0 bridgehead atoms. The maximum atomic E-state index is 15.7. The maximum Gasteiger partial charge on any atom is 0.255 e. The number of allylic oxidation sites excluding steroid dienone is 1. The van der Waals surface area contributed by atoms with Gasteiger partial charge in [0.05, 0.1) is 23.8 Å². The zero-order valence-electron chi connectivity index (χ0n) is 19.0. The summed E-state index contributed by atoms with van der Waals surface area (Å²) >= 11 is 0. The molecular weight excluding hydrogens is 479 g/mol. The number of hydrogen-bond donors (Lipinski definition) is 7. The number of halogens is 1. The van der Waals surface area contributed by atoms with Crippen molar-refractivity contribution in [1.82, 2.24) is 4.90 Å². The molecule has 9 N–H and O–H groups in total. The number of primary amides is 1. The number of phenols is 1. The Bertz CT molecular complexity index is 1370. The molecule has 3 aliphatic carbocycles. The number of benzene rings is 1. The Morgan fingerprint density at radius 3 is 2.47 bits per heavy atom. The predicted octanol–water partition coefficient (Wildman–Crippen LogP) is -0.959. The number of carbonyl (C=O) groups excluding carboxylic acids is 4. The minimum atomic E-state index is -2.86. The van der Waals surface area contributed by atoms with E-state index in [0.29, 0.717) is 0 Å². The molecule has 0 aromatic heterocycles. The lowest BCUT2D eigenvalue weighted by molar-refractivity contribution is -0.145. The molecule has 0 unspecified atom stereocenters. The van der Waals surface area contributed by atoms with E-state index in [1.54, 1.807) is 7.05 Å². The van der Waals surface area contributed by atoms with Gasteiger partial charge < -0.3 is 37.2 Å². The van der Waals surface area contributed by atoms with Crippen LogP contribution in [0.2, 0.25) is 0 Å². The van der Waals surface area contributed by atoms with Crippen LogP contribution in [0.25, 0.3) is 0 Å². The summed E-state index contributed by atoms with van der Waals surface area (Å²) in [5.41, 5.74) is 5.90. The van der Waals surface area contributed by atoms with Gasteiger partial charge in [0, 0.05) is 29.2 Å². The number of rotatable bonds is 1. The van der Waals surface area contributed by atoms with Crippen molar-refractivity contribution in [3.63, 3.8) is 0 Å². The SMILES string of the molecule is CN1CC(=O)Nc2c(O)c3c(c(F)c2C1)C[C@H]1C[C@H]2[C@H](N)C(O)=C(C(N)=O)C(=O)[C@@]2(O)C(O)=C1C3=O. The molecule has 0 radical (unpaired) electrons. The summed E-state index contributed by atoms with van der Waals surface area (Å²) in [6.45, 7) is -0.127. The molecule has 13 heteroatoms. The lowest BCUT2D eigenvalue weighted by atomic mass is 9.59. The number of carbonyl (C=O) groups is 4. The Labute approximate surface area is 202 Å². The van der Waals surface area contributed by atoms with Gasteiger partial charge in [-0.2, -0.15) is 0 Å². The van der Waals surface area contributed by atoms with Gasteiger partial charge in [0.15, 0.2) is 17.1 Å². The van der Waals surface area contributed by atoms with E-state index in [-0.39, 0.29) is 42.7 Å². The van der Waals surface area contributed by atoms with Crippen LogP contribution in [0.15, 0.2) is 22.7 Å². The van der Waals surface area contributed by atoms with Gasteiger partial charge >= 0.3 is 0 Å². The molecule has 0 spiro atoms. The second-order valence-corrected chi connectivity index (χ2v) is 9.67. The number of ketones is 2. The maximum absolute atomic E-state index is 15.7. The summed E-state index contributed by atoms with van der Waals surface area (Å²) in [6.07, 6.45) is -0.455. The highest BCUT2D eigenvalue weighted by atomic mass is 19.1. The number of fused-ring (bicyclic) bond motifs is 4. The summed E-state index contributed by atoms with van der Waals surface area (Å²) in [7, 11) is 1.58. The summed E-state index contributed by atoms with van der Waals surface area (Å²) in [6, 6.07) is -1.50. The third-order valence-electron chi connectivity index (χ3n) is 7.56. The number of aromatic hydroxyl groups is 1. The average molecular weight is 502 g/mol. The van der Waals surface area contributed by atoms with Gasteiger partial charge in [-0.15, -0.1) is 0 Å². The fraction of sp³-hybridized carbons (Fsp3) is 0.391. The number of aliphatic hydroxyl groups is 3. The molecule has 4 aliphatic rings. The Hall–Kier alpha value is -3.81. The van der Waals surface area contributed by atoms with Crippen LogP contribution >= 0.6 is 0 Å². The fourth-order valence-corrected chi connectivity index (χ4v) is 5.89. The van der Waals surface area contributed by atoms with E-state index >= 15 is 4.39 Å². The molecule has 4 atom stereocenters. The van der Waals surface area contributed by atoms with Gasteiger partial charge in [0.1, 0.15) is 22.9 Å². The number of anilines is 1. The summed E-state index contributed by atoms with van der Waals surface area (Å²) in [5, 5.41) is 46.1. The molecule has 0 saturated carbocycles. The molecule has 5 rings (SSSR count). The molecule has 0 fully saturated rings. The number of nitrogens with one attached hydrogen (secondary N) is 1.